The van der Waals surface area contributed by atoms with Gasteiger partial charge in [-0.1, -0.05) is 17.3 Å². The summed E-state index contributed by atoms with van der Waals surface area (Å²) in [5, 5.41) is 3.83. The van der Waals surface area contributed by atoms with E-state index < -0.39 is 17.8 Å². The second kappa shape index (κ2) is 8.85. The number of carbonyl (C=O) groups is 1. The second-order valence-electron chi connectivity index (χ2n) is 7.34. The first-order valence-electron chi connectivity index (χ1n) is 9.90. The number of hydrogen-bond acceptors (Lipinski definition) is 6. The number of hydrogen-bond donors (Lipinski definition) is 1. The fourth-order valence-electron chi connectivity index (χ4n) is 3.29. The number of benzene rings is 2. The summed E-state index contributed by atoms with van der Waals surface area (Å²) in [6.45, 7) is 1.94. The molecule has 1 amide bonds. The molecule has 174 valence electrons. The van der Waals surface area contributed by atoms with Crippen molar-refractivity contribution in [1.29, 1.82) is 0 Å². The van der Waals surface area contributed by atoms with Gasteiger partial charge in [0.15, 0.2) is 0 Å². The summed E-state index contributed by atoms with van der Waals surface area (Å²) in [7, 11) is 0. The van der Waals surface area contributed by atoms with E-state index in [0.717, 1.165) is 12.1 Å². The number of amides is 1. The van der Waals surface area contributed by atoms with E-state index in [1.54, 1.807) is 43.3 Å². The van der Waals surface area contributed by atoms with Crippen molar-refractivity contribution in [3.8, 4) is 28.6 Å². The van der Waals surface area contributed by atoms with E-state index in [2.05, 4.69) is 14.9 Å². The highest BCUT2D eigenvalue weighted by Crippen LogP contribution is 2.26. The molecule has 8 nitrogen and oxygen atoms in total. The predicted molar refractivity (Wildman–Crippen MR) is 115 cm³/mol. The van der Waals surface area contributed by atoms with Gasteiger partial charge in [0, 0.05) is 16.8 Å². The van der Waals surface area contributed by atoms with Gasteiger partial charge >= 0.3 is 6.36 Å². The van der Waals surface area contributed by atoms with Crippen LogP contribution >= 0.6 is 0 Å². The number of nitrogens with two attached hydrogens (primary N) is 1. The number of nitrogens with zero attached hydrogens (tertiary/aromatic N) is 3. The molecule has 2 N–H and O–H groups in total. The van der Waals surface area contributed by atoms with E-state index in [0.29, 0.717) is 22.4 Å². The number of carbonyl (C=O) groups excluding carboxylic acids is 1. The first-order chi connectivity index (χ1) is 16.1. The van der Waals surface area contributed by atoms with Gasteiger partial charge in [0.1, 0.15) is 11.3 Å². The van der Waals surface area contributed by atoms with Gasteiger partial charge in [0.05, 0.1) is 6.54 Å². The van der Waals surface area contributed by atoms with Gasteiger partial charge in [-0.05, 0) is 61.0 Å². The van der Waals surface area contributed by atoms with Crippen molar-refractivity contribution in [1.82, 2.24) is 14.7 Å². The molecule has 0 fully saturated rings. The average Bonchev–Trinajstić information content (AvgIpc) is 3.26. The summed E-state index contributed by atoms with van der Waals surface area (Å²) in [5.41, 5.74) is 7.15. The van der Waals surface area contributed by atoms with E-state index in [1.165, 1.54) is 16.7 Å². The second-order valence-corrected chi connectivity index (χ2v) is 7.34. The van der Waals surface area contributed by atoms with E-state index >= 15 is 0 Å². The molecule has 0 aliphatic heterocycles. The van der Waals surface area contributed by atoms with Crippen LogP contribution in [0.25, 0.3) is 22.8 Å². The number of rotatable bonds is 6. The smallest absolute Gasteiger partial charge is 0.406 e. The third kappa shape index (κ3) is 4.98. The zero-order valence-electron chi connectivity index (χ0n) is 17.7. The van der Waals surface area contributed by atoms with Crippen LogP contribution in [0.3, 0.4) is 0 Å². The molecule has 0 saturated heterocycles. The number of aromatic nitrogens is 3. The van der Waals surface area contributed by atoms with Crippen LogP contribution in [0.1, 0.15) is 21.6 Å². The largest absolute Gasteiger partial charge is 0.573 e. The fraction of sp³-hybridized carbons (Fsp3) is 0.130. The highest BCUT2D eigenvalue weighted by molar-refractivity contribution is 5.92. The number of halogens is 3. The summed E-state index contributed by atoms with van der Waals surface area (Å²) in [5.74, 6) is -0.914. The molecule has 0 atom stereocenters. The first kappa shape index (κ1) is 22.8. The molecule has 0 spiro atoms. The Bertz CT molecular complexity index is 1410. The Morgan fingerprint density at radius 2 is 1.85 bits per heavy atom. The van der Waals surface area contributed by atoms with Crippen LogP contribution in [0.5, 0.6) is 5.75 Å². The third-order valence-corrected chi connectivity index (χ3v) is 4.95. The maximum absolute atomic E-state index is 13.2. The van der Waals surface area contributed by atoms with Crippen LogP contribution in [0, 0.1) is 6.92 Å². The maximum Gasteiger partial charge on any atom is 0.573 e. The molecule has 2 heterocycles. The Morgan fingerprint density at radius 1 is 1.12 bits per heavy atom. The molecule has 0 bridgehead atoms. The molecular formula is C23H17F3N4O4. The zero-order valence-corrected chi connectivity index (χ0v) is 17.7. The molecule has 2 aromatic heterocycles. The van der Waals surface area contributed by atoms with E-state index in [1.807, 2.05) is 0 Å². The first-order valence-corrected chi connectivity index (χ1v) is 9.90. The summed E-state index contributed by atoms with van der Waals surface area (Å²) < 4.78 is 47.6. The van der Waals surface area contributed by atoms with Gasteiger partial charge in [-0.15, -0.1) is 13.2 Å². The van der Waals surface area contributed by atoms with Crippen LogP contribution in [-0.2, 0) is 6.54 Å². The standard InChI is InChI=1S/C23H17F3N4O4/c1-13-5-10-18(22(32)30(13)12-14-3-2-4-16(11-14)19(27)31)21-28-20(29-34-21)15-6-8-17(9-7-15)33-23(24,25)26/h2-11H,12H2,1H3,(H2,27,31). The van der Waals surface area contributed by atoms with Gasteiger partial charge in [0.2, 0.25) is 11.7 Å². The highest BCUT2D eigenvalue weighted by Gasteiger charge is 2.31. The van der Waals surface area contributed by atoms with Gasteiger partial charge in [-0.25, -0.2) is 0 Å². The lowest BCUT2D eigenvalue weighted by Crippen LogP contribution is -2.24. The summed E-state index contributed by atoms with van der Waals surface area (Å²) in [6, 6.07) is 14.8. The van der Waals surface area contributed by atoms with Gasteiger partial charge in [-0.2, -0.15) is 4.98 Å². The zero-order chi connectivity index (χ0) is 24.5. The molecule has 0 unspecified atom stereocenters. The topological polar surface area (TPSA) is 113 Å². The van der Waals surface area contributed by atoms with E-state index in [-0.39, 0.29) is 29.6 Å². The summed E-state index contributed by atoms with van der Waals surface area (Å²) in [4.78, 5) is 28.8. The highest BCUT2D eigenvalue weighted by atomic mass is 19.4. The number of alkyl halides is 3. The molecule has 0 aliphatic carbocycles. The van der Waals surface area contributed by atoms with Crippen molar-refractivity contribution in [2.45, 2.75) is 19.8 Å². The minimum atomic E-state index is -4.80. The summed E-state index contributed by atoms with van der Waals surface area (Å²) >= 11 is 0. The number of ether oxygens (including phenoxy) is 1. The van der Waals surface area contributed by atoms with Crippen molar-refractivity contribution in [2.75, 3.05) is 0 Å². The lowest BCUT2D eigenvalue weighted by atomic mass is 10.1. The lowest BCUT2D eigenvalue weighted by Gasteiger charge is -2.11. The Balaban J connectivity index is 1.62. The normalized spacial score (nSPS) is 11.4. The van der Waals surface area contributed by atoms with Crippen molar-refractivity contribution in [3.63, 3.8) is 0 Å². The molecule has 11 heteroatoms. The number of primary amides is 1. The average molecular weight is 470 g/mol. The van der Waals surface area contributed by atoms with Crippen molar-refractivity contribution in [2.24, 2.45) is 5.73 Å². The van der Waals surface area contributed by atoms with Gasteiger partial charge < -0.3 is 19.6 Å². The molecule has 0 saturated carbocycles. The SMILES string of the molecule is Cc1ccc(-c2nc(-c3ccc(OC(F)(F)F)cc3)no2)c(=O)n1Cc1cccc(C(N)=O)c1. The Kier molecular flexibility index (Phi) is 5.93. The molecule has 4 aromatic rings. The van der Waals surface area contributed by atoms with E-state index in [4.69, 9.17) is 10.3 Å². The minimum Gasteiger partial charge on any atom is -0.406 e. The van der Waals surface area contributed by atoms with Crippen LogP contribution < -0.4 is 16.0 Å². The third-order valence-electron chi connectivity index (χ3n) is 4.95. The Hall–Kier alpha value is -4.41. The molecular weight excluding hydrogens is 453 g/mol. The van der Waals surface area contributed by atoms with Crippen molar-refractivity contribution < 1.29 is 27.2 Å². The maximum atomic E-state index is 13.2. The van der Waals surface area contributed by atoms with Crippen LogP contribution in [-0.4, -0.2) is 27.0 Å². The molecule has 34 heavy (non-hydrogen) atoms. The van der Waals surface area contributed by atoms with Crippen molar-refractivity contribution >= 4 is 5.91 Å². The van der Waals surface area contributed by atoms with Crippen molar-refractivity contribution in [3.05, 3.63) is 87.8 Å². The fourth-order valence-corrected chi connectivity index (χ4v) is 3.29. The quantitative estimate of drug-likeness (QED) is 0.457. The van der Waals surface area contributed by atoms with Gasteiger partial charge in [-0.3, -0.25) is 9.59 Å². The Morgan fingerprint density at radius 3 is 2.53 bits per heavy atom. The number of aryl methyl sites for hydroxylation is 1. The monoisotopic (exact) mass is 470 g/mol. The van der Waals surface area contributed by atoms with Crippen LogP contribution in [0.2, 0.25) is 0 Å². The van der Waals surface area contributed by atoms with E-state index in [9.17, 15) is 22.8 Å². The lowest BCUT2D eigenvalue weighted by molar-refractivity contribution is -0.274. The molecule has 0 radical (unpaired) electrons. The van der Waals surface area contributed by atoms with Crippen LogP contribution in [0.4, 0.5) is 13.2 Å². The number of pyridine rings is 1. The van der Waals surface area contributed by atoms with Crippen LogP contribution in [0.15, 0.2) is 70.0 Å². The van der Waals surface area contributed by atoms with Gasteiger partial charge in [0.25, 0.3) is 11.4 Å². The molecule has 4 rings (SSSR count). The molecule has 0 aliphatic rings. The predicted octanol–water partition coefficient (Wildman–Crippen LogP) is 3.92. The Labute approximate surface area is 190 Å². The molecule has 2 aromatic carbocycles. The minimum absolute atomic E-state index is 0.0461. The summed E-state index contributed by atoms with van der Waals surface area (Å²) in [6.07, 6.45) is -4.80.